The molecule has 0 radical (unpaired) electrons. The van der Waals surface area contributed by atoms with Gasteiger partial charge < -0.3 is 20.4 Å². The molecule has 46 heavy (non-hydrogen) atoms. The second-order valence-corrected chi connectivity index (χ2v) is 11.6. The van der Waals surface area contributed by atoms with Gasteiger partial charge in [-0.25, -0.2) is 8.78 Å². The molecule has 8 nitrogen and oxygen atoms in total. The van der Waals surface area contributed by atoms with E-state index in [1.165, 1.54) is 46.2 Å². The highest BCUT2D eigenvalue weighted by Crippen LogP contribution is 2.26. The minimum absolute atomic E-state index is 0.00532. The lowest BCUT2D eigenvalue weighted by molar-refractivity contribution is -0.120. The number of amides is 4. The number of carbonyl (C=O) groups excluding carboxylic acids is 4. The van der Waals surface area contributed by atoms with Crippen molar-refractivity contribution in [2.45, 2.75) is 12.8 Å². The summed E-state index contributed by atoms with van der Waals surface area (Å²) in [5.41, 5.74) is 3.08. The van der Waals surface area contributed by atoms with Gasteiger partial charge in [0.05, 0.1) is 23.0 Å². The van der Waals surface area contributed by atoms with Crippen molar-refractivity contribution in [1.82, 2.24) is 9.80 Å². The van der Waals surface area contributed by atoms with Crippen LogP contribution >= 0.6 is 0 Å². The van der Waals surface area contributed by atoms with Crippen molar-refractivity contribution in [2.24, 2.45) is 11.8 Å². The van der Waals surface area contributed by atoms with E-state index in [0.29, 0.717) is 37.3 Å². The van der Waals surface area contributed by atoms with Gasteiger partial charge >= 0.3 is 0 Å². The Balaban J connectivity index is 0.992. The van der Waals surface area contributed by atoms with Gasteiger partial charge in [-0.05, 0) is 72.5 Å². The van der Waals surface area contributed by atoms with E-state index >= 15 is 0 Å². The van der Waals surface area contributed by atoms with E-state index in [-0.39, 0.29) is 36.0 Å². The summed E-state index contributed by atoms with van der Waals surface area (Å²) < 4.78 is 28.1. The van der Waals surface area contributed by atoms with Crippen LogP contribution in [-0.2, 0) is 9.59 Å². The number of rotatable bonds is 7. The topological polar surface area (TPSA) is 98.8 Å². The van der Waals surface area contributed by atoms with E-state index in [1.807, 2.05) is 24.3 Å². The monoisotopic (exact) mass is 622 g/mol. The summed E-state index contributed by atoms with van der Waals surface area (Å²) in [5, 5.41) is 5.82. The molecule has 2 fully saturated rings. The van der Waals surface area contributed by atoms with Crippen LogP contribution in [0.5, 0.6) is 0 Å². The van der Waals surface area contributed by atoms with E-state index in [4.69, 9.17) is 0 Å². The van der Waals surface area contributed by atoms with Crippen molar-refractivity contribution >= 4 is 35.0 Å². The lowest BCUT2D eigenvalue weighted by Crippen LogP contribution is -2.32. The summed E-state index contributed by atoms with van der Waals surface area (Å²) >= 11 is 0. The molecule has 10 heteroatoms. The number of anilines is 2. The number of likely N-dealkylation sites (tertiary alicyclic amines) is 2. The predicted molar refractivity (Wildman–Crippen MR) is 170 cm³/mol. The Morgan fingerprint density at radius 2 is 0.913 bits per heavy atom. The molecule has 2 aliphatic heterocycles. The third kappa shape index (κ3) is 6.66. The normalized spacial score (nSPS) is 17.5. The average molecular weight is 623 g/mol. The van der Waals surface area contributed by atoms with Gasteiger partial charge in [0.2, 0.25) is 11.8 Å². The first-order valence-electron chi connectivity index (χ1n) is 15.2. The SMILES string of the molecule is O=C(Nc1ccc(-c2ccc(NC(=O)[C@H]3CCN(C(=O)c4ccccc4F)C3)cc2)cc1)[C@@H]1CCN(C(=O)c2ccccc2F)C1. The van der Waals surface area contributed by atoms with Crippen LogP contribution in [0, 0.1) is 23.5 Å². The summed E-state index contributed by atoms with van der Waals surface area (Å²) in [7, 11) is 0. The van der Waals surface area contributed by atoms with Gasteiger partial charge in [-0.3, -0.25) is 19.2 Å². The fraction of sp³-hybridized carbons (Fsp3) is 0.222. The van der Waals surface area contributed by atoms with Crippen LogP contribution in [0.1, 0.15) is 33.6 Å². The summed E-state index contributed by atoms with van der Waals surface area (Å²) in [4.78, 5) is 54.2. The smallest absolute Gasteiger partial charge is 0.256 e. The van der Waals surface area contributed by atoms with E-state index in [9.17, 15) is 28.0 Å². The highest BCUT2D eigenvalue weighted by atomic mass is 19.1. The molecule has 0 aromatic heterocycles. The van der Waals surface area contributed by atoms with Crippen molar-refractivity contribution in [3.8, 4) is 11.1 Å². The Morgan fingerprint density at radius 3 is 1.28 bits per heavy atom. The molecule has 2 N–H and O–H groups in total. The number of carbonyl (C=O) groups is 4. The second kappa shape index (κ2) is 13.3. The Morgan fingerprint density at radius 1 is 0.543 bits per heavy atom. The Labute approximate surface area is 265 Å². The van der Waals surface area contributed by atoms with Crippen LogP contribution in [0.15, 0.2) is 97.1 Å². The van der Waals surface area contributed by atoms with E-state index in [0.717, 1.165) is 11.1 Å². The Hall–Kier alpha value is -5.38. The van der Waals surface area contributed by atoms with Gasteiger partial charge in [0.1, 0.15) is 11.6 Å². The number of nitrogens with one attached hydrogen (secondary N) is 2. The summed E-state index contributed by atoms with van der Waals surface area (Å²) in [5.74, 6) is -3.15. The molecule has 2 heterocycles. The first kappa shape index (κ1) is 30.6. The zero-order valence-corrected chi connectivity index (χ0v) is 24.9. The largest absolute Gasteiger partial charge is 0.338 e. The van der Waals surface area contributed by atoms with Crippen LogP contribution < -0.4 is 10.6 Å². The average Bonchev–Trinajstić information content (AvgIpc) is 3.77. The highest BCUT2D eigenvalue weighted by Gasteiger charge is 2.33. The van der Waals surface area contributed by atoms with Gasteiger partial charge in [-0.2, -0.15) is 0 Å². The van der Waals surface area contributed by atoms with Crippen LogP contribution in [0.3, 0.4) is 0 Å². The van der Waals surface area contributed by atoms with Crippen LogP contribution in [0.25, 0.3) is 11.1 Å². The van der Waals surface area contributed by atoms with Crippen LogP contribution in [0.2, 0.25) is 0 Å². The number of nitrogens with zero attached hydrogens (tertiary/aromatic N) is 2. The summed E-state index contributed by atoms with van der Waals surface area (Å²) in [6.45, 7) is 1.22. The molecule has 4 amide bonds. The quantitative estimate of drug-likeness (QED) is 0.271. The molecule has 6 rings (SSSR count). The maximum absolute atomic E-state index is 14.0. The molecule has 0 aliphatic carbocycles. The molecule has 0 saturated carbocycles. The zero-order chi connectivity index (χ0) is 32.2. The highest BCUT2D eigenvalue weighted by molar-refractivity contribution is 5.98. The van der Waals surface area contributed by atoms with Crippen LogP contribution in [0.4, 0.5) is 20.2 Å². The van der Waals surface area contributed by atoms with Gasteiger partial charge in [0.25, 0.3) is 11.8 Å². The van der Waals surface area contributed by atoms with Crippen molar-refractivity contribution in [2.75, 3.05) is 36.8 Å². The number of benzene rings is 4. The maximum atomic E-state index is 14.0. The third-order valence-corrected chi connectivity index (χ3v) is 8.54. The minimum Gasteiger partial charge on any atom is -0.338 e. The number of halogens is 2. The first-order chi connectivity index (χ1) is 22.3. The van der Waals surface area contributed by atoms with Gasteiger partial charge in [-0.15, -0.1) is 0 Å². The fourth-order valence-electron chi connectivity index (χ4n) is 5.91. The lowest BCUT2D eigenvalue weighted by atomic mass is 10.0. The number of hydrogen-bond donors (Lipinski definition) is 2. The Bertz CT molecular complexity index is 1650. The molecular formula is C36H32F2N4O4. The summed E-state index contributed by atoms with van der Waals surface area (Å²) in [6, 6.07) is 26.4. The van der Waals surface area contributed by atoms with Crippen molar-refractivity contribution in [3.05, 3.63) is 120 Å². The standard InChI is InChI=1S/C36H32F2N4O4/c37-31-7-3-1-5-29(31)35(45)41-19-17-25(21-41)33(43)39-27-13-9-23(10-14-27)24-11-15-28(16-12-24)40-34(44)26-18-20-42(22-26)36(46)30-6-2-4-8-32(30)38/h1-16,25-26H,17-22H2,(H,39,43)(H,40,44)/t25-,26+. The second-order valence-electron chi connectivity index (χ2n) is 11.6. The summed E-state index contributed by atoms with van der Waals surface area (Å²) in [6.07, 6.45) is 0.996. The maximum Gasteiger partial charge on any atom is 0.256 e. The molecule has 2 atom stereocenters. The molecule has 4 aromatic carbocycles. The van der Waals surface area contributed by atoms with Crippen molar-refractivity contribution in [1.29, 1.82) is 0 Å². The first-order valence-corrected chi connectivity index (χ1v) is 15.2. The number of hydrogen-bond acceptors (Lipinski definition) is 4. The van der Waals surface area contributed by atoms with Gasteiger partial charge in [0.15, 0.2) is 0 Å². The molecule has 4 aromatic rings. The lowest BCUT2D eigenvalue weighted by Gasteiger charge is -2.17. The fourth-order valence-corrected chi connectivity index (χ4v) is 5.91. The van der Waals surface area contributed by atoms with E-state index in [1.54, 1.807) is 36.4 Å². The molecule has 0 bridgehead atoms. The molecule has 2 aliphatic rings. The molecule has 2 saturated heterocycles. The van der Waals surface area contributed by atoms with Crippen LogP contribution in [-0.4, -0.2) is 59.6 Å². The van der Waals surface area contributed by atoms with Crippen molar-refractivity contribution in [3.63, 3.8) is 0 Å². The van der Waals surface area contributed by atoms with Gasteiger partial charge in [0, 0.05) is 37.6 Å². The predicted octanol–water partition coefficient (Wildman–Crippen LogP) is 5.83. The van der Waals surface area contributed by atoms with Crippen molar-refractivity contribution < 1.29 is 28.0 Å². The van der Waals surface area contributed by atoms with E-state index < -0.39 is 35.3 Å². The third-order valence-electron chi connectivity index (χ3n) is 8.54. The Kier molecular flexibility index (Phi) is 8.87. The zero-order valence-electron chi connectivity index (χ0n) is 24.9. The van der Waals surface area contributed by atoms with Gasteiger partial charge in [-0.1, -0.05) is 48.5 Å². The van der Waals surface area contributed by atoms with E-state index in [2.05, 4.69) is 10.6 Å². The molecule has 234 valence electrons. The molecular weight excluding hydrogens is 590 g/mol. The molecule has 0 spiro atoms. The molecule has 0 unspecified atom stereocenters. The minimum atomic E-state index is -0.575.